The van der Waals surface area contributed by atoms with Crippen LogP contribution in [0, 0.1) is 0 Å². The first-order chi connectivity index (χ1) is 16.6. The Labute approximate surface area is 212 Å². The van der Waals surface area contributed by atoms with E-state index in [1.165, 1.54) is 57.8 Å². The van der Waals surface area contributed by atoms with E-state index in [2.05, 4.69) is 29.4 Å². The number of hydrogen-bond donors (Lipinski definition) is 3. The molecule has 1 heterocycles. The van der Waals surface area contributed by atoms with E-state index < -0.39 is 12.0 Å². The number of hydrogen-bond acceptors (Lipinski definition) is 2. The predicted molar refractivity (Wildman–Crippen MR) is 148 cm³/mol. The normalized spacial score (nSPS) is 12.0. The number of H-pyrrole nitrogens is 1. The zero-order chi connectivity index (χ0) is 24.4. The summed E-state index contributed by atoms with van der Waals surface area (Å²) < 4.78 is 0. The quantitative estimate of drug-likeness (QED) is 0.140. The minimum absolute atomic E-state index is 0. The first kappa shape index (κ1) is 30.5. The largest absolute Gasteiger partial charge is 0.480 e. The molecule has 35 heavy (non-hydrogen) atoms. The van der Waals surface area contributed by atoms with Crippen molar-refractivity contribution in [1.82, 2.24) is 10.3 Å². The van der Waals surface area contributed by atoms with Crippen LogP contribution in [0.3, 0.4) is 0 Å². The van der Waals surface area contributed by atoms with Crippen molar-refractivity contribution < 1.29 is 14.7 Å². The molecular weight excluding hydrogens is 436 g/mol. The molecule has 0 fully saturated rings. The maximum absolute atomic E-state index is 12.3. The lowest BCUT2D eigenvalue weighted by Gasteiger charge is -2.14. The van der Waals surface area contributed by atoms with Gasteiger partial charge in [-0.2, -0.15) is 0 Å². The van der Waals surface area contributed by atoms with Crippen molar-refractivity contribution in [1.29, 1.82) is 0 Å². The second-order valence-corrected chi connectivity index (χ2v) is 9.36. The van der Waals surface area contributed by atoms with Crippen LogP contribution in [0.4, 0.5) is 0 Å². The number of rotatable bonds is 19. The summed E-state index contributed by atoms with van der Waals surface area (Å²) >= 11 is 0. The summed E-state index contributed by atoms with van der Waals surface area (Å²) in [6, 6.07) is 6.89. The number of aromatic nitrogens is 1. The molecule has 0 unspecified atom stereocenters. The number of allylic oxidation sites excluding steroid dienone is 2. The van der Waals surface area contributed by atoms with Gasteiger partial charge in [0.25, 0.3) is 0 Å². The molecule has 196 valence electrons. The number of para-hydroxylation sites is 1. The van der Waals surface area contributed by atoms with Crippen LogP contribution in [0.5, 0.6) is 0 Å². The van der Waals surface area contributed by atoms with Crippen molar-refractivity contribution in [3.05, 3.63) is 48.2 Å². The third-order valence-electron chi connectivity index (χ3n) is 6.40. The van der Waals surface area contributed by atoms with Crippen LogP contribution in [-0.2, 0) is 16.0 Å². The molecule has 1 aromatic heterocycles. The fraction of sp³-hybridized carbons (Fsp3) is 0.600. The van der Waals surface area contributed by atoms with Crippen molar-refractivity contribution >= 4 is 22.8 Å². The Hall–Kier alpha value is -2.56. The third-order valence-corrected chi connectivity index (χ3v) is 6.40. The van der Waals surface area contributed by atoms with Crippen LogP contribution in [0.1, 0.15) is 110 Å². The lowest BCUT2D eigenvalue weighted by Crippen LogP contribution is -2.42. The maximum Gasteiger partial charge on any atom is 0.326 e. The molecule has 1 amide bonds. The zero-order valence-electron chi connectivity index (χ0n) is 21.0. The number of amides is 1. The van der Waals surface area contributed by atoms with E-state index in [9.17, 15) is 14.7 Å². The Bertz CT molecular complexity index is 871. The Morgan fingerprint density at radius 1 is 0.914 bits per heavy atom. The van der Waals surface area contributed by atoms with Crippen LogP contribution in [0.15, 0.2) is 42.6 Å². The van der Waals surface area contributed by atoms with Gasteiger partial charge in [-0.05, 0) is 43.7 Å². The minimum Gasteiger partial charge on any atom is -0.480 e. The second-order valence-electron chi connectivity index (χ2n) is 9.36. The molecule has 0 radical (unpaired) electrons. The van der Waals surface area contributed by atoms with E-state index >= 15 is 0 Å². The Morgan fingerprint density at radius 2 is 1.51 bits per heavy atom. The molecule has 1 atom stereocenters. The highest BCUT2D eigenvalue weighted by molar-refractivity contribution is 5.86. The van der Waals surface area contributed by atoms with Gasteiger partial charge >= 0.3 is 5.97 Å². The Morgan fingerprint density at radius 3 is 2.17 bits per heavy atom. The highest BCUT2D eigenvalue weighted by atomic mass is 16.4. The van der Waals surface area contributed by atoms with Gasteiger partial charge in [-0.25, -0.2) is 4.79 Å². The second kappa shape index (κ2) is 18.7. The predicted octanol–water partition coefficient (Wildman–Crippen LogP) is 7.95. The SMILES string of the molecule is C.CCCCCCCC/C=C\CCCCCCCC(=O)N[C@@H](Cc1c[nH]c2ccccc12)C(=O)O. The summed E-state index contributed by atoms with van der Waals surface area (Å²) in [7, 11) is 0. The van der Waals surface area contributed by atoms with Gasteiger partial charge in [-0.15, -0.1) is 0 Å². The average Bonchev–Trinajstić information content (AvgIpc) is 3.24. The molecule has 1 aromatic carbocycles. The number of aromatic amines is 1. The maximum atomic E-state index is 12.3. The number of carbonyl (C=O) groups is 2. The third kappa shape index (κ3) is 12.6. The van der Waals surface area contributed by atoms with Crippen molar-refractivity contribution in [2.45, 2.75) is 117 Å². The van der Waals surface area contributed by atoms with Gasteiger partial charge in [0.2, 0.25) is 5.91 Å². The fourth-order valence-electron chi connectivity index (χ4n) is 4.34. The average molecular weight is 485 g/mol. The highest BCUT2D eigenvalue weighted by Gasteiger charge is 2.21. The molecule has 0 bridgehead atoms. The first-order valence-electron chi connectivity index (χ1n) is 13.3. The van der Waals surface area contributed by atoms with E-state index in [1.807, 2.05) is 30.5 Å². The summed E-state index contributed by atoms with van der Waals surface area (Å²) in [5.74, 6) is -1.17. The summed E-state index contributed by atoms with van der Waals surface area (Å²) in [6.07, 6.45) is 22.9. The fourth-order valence-corrected chi connectivity index (χ4v) is 4.34. The molecular formula is C30H48N2O3. The zero-order valence-corrected chi connectivity index (χ0v) is 21.0. The van der Waals surface area contributed by atoms with Gasteiger partial charge < -0.3 is 15.4 Å². The first-order valence-corrected chi connectivity index (χ1v) is 13.3. The number of nitrogens with one attached hydrogen (secondary N) is 2. The van der Waals surface area contributed by atoms with E-state index in [1.54, 1.807) is 0 Å². The molecule has 2 aromatic rings. The summed E-state index contributed by atoms with van der Waals surface area (Å²) in [4.78, 5) is 27.1. The number of fused-ring (bicyclic) bond motifs is 1. The summed E-state index contributed by atoms with van der Waals surface area (Å²) in [6.45, 7) is 2.25. The number of benzene rings is 1. The van der Waals surface area contributed by atoms with Crippen molar-refractivity contribution in [2.24, 2.45) is 0 Å². The molecule has 5 heteroatoms. The van der Waals surface area contributed by atoms with Gasteiger partial charge in [-0.3, -0.25) is 4.79 Å². The standard InChI is InChI=1S/C29H44N2O3.CH4/c1-2-3-4-5-6-7-8-9-10-11-12-13-14-15-16-21-28(32)31-27(29(33)34)22-24-23-30-26-20-18-17-19-25(24)26;/h9-10,17-20,23,27,30H,2-8,11-16,21-22H2,1H3,(H,31,32)(H,33,34);1H4/b10-9-;/t27-;/m0./s1. The number of unbranched alkanes of at least 4 members (excludes halogenated alkanes) is 11. The number of carbonyl (C=O) groups excluding carboxylic acids is 1. The van der Waals surface area contributed by atoms with Gasteiger partial charge in [0.05, 0.1) is 0 Å². The molecule has 3 N–H and O–H groups in total. The molecule has 2 rings (SSSR count). The molecule has 5 nitrogen and oxygen atoms in total. The van der Waals surface area contributed by atoms with E-state index in [0.717, 1.165) is 42.1 Å². The smallest absolute Gasteiger partial charge is 0.326 e. The summed E-state index contributed by atoms with van der Waals surface area (Å²) in [5, 5.41) is 13.3. The molecule has 0 aliphatic heterocycles. The number of aliphatic carboxylic acids is 1. The topological polar surface area (TPSA) is 82.2 Å². The van der Waals surface area contributed by atoms with Crippen LogP contribution in [0.25, 0.3) is 10.9 Å². The van der Waals surface area contributed by atoms with Crippen LogP contribution in [-0.4, -0.2) is 28.0 Å². The Kier molecular flexibility index (Phi) is 16.3. The lowest BCUT2D eigenvalue weighted by atomic mass is 10.0. The minimum atomic E-state index is -0.997. The summed E-state index contributed by atoms with van der Waals surface area (Å²) in [5.41, 5.74) is 1.88. The van der Waals surface area contributed by atoms with E-state index in [4.69, 9.17) is 0 Å². The molecule has 0 saturated heterocycles. The van der Waals surface area contributed by atoms with E-state index in [0.29, 0.717) is 6.42 Å². The Balaban J connectivity index is 0.00000612. The molecule has 0 saturated carbocycles. The van der Waals surface area contributed by atoms with Crippen LogP contribution in [0.2, 0.25) is 0 Å². The number of carboxylic acid groups (broad SMARTS) is 1. The van der Waals surface area contributed by atoms with Crippen LogP contribution >= 0.6 is 0 Å². The van der Waals surface area contributed by atoms with Gasteiger partial charge in [0, 0.05) is 29.9 Å². The molecule has 0 spiro atoms. The van der Waals surface area contributed by atoms with Gasteiger partial charge in [0.15, 0.2) is 0 Å². The molecule has 0 aliphatic rings. The van der Waals surface area contributed by atoms with Crippen LogP contribution < -0.4 is 5.32 Å². The van der Waals surface area contributed by atoms with Gasteiger partial charge in [-0.1, -0.05) is 96.1 Å². The van der Waals surface area contributed by atoms with Crippen molar-refractivity contribution in [3.63, 3.8) is 0 Å². The van der Waals surface area contributed by atoms with Crippen molar-refractivity contribution in [3.8, 4) is 0 Å². The van der Waals surface area contributed by atoms with Crippen molar-refractivity contribution in [2.75, 3.05) is 0 Å². The number of carboxylic acids is 1. The molecule has 0 aliphatic carbocycles. The van der Waals surface area contributed by atoms with Gasteiger partial charge in [0.1, 0.15) is 6.04 Å². The monoisotopic (exact) mass is 484 g/mol. The lowest BCUT2D eigenvalue weighted by molar-refractivity contribution is -0.141. The van der Waals surface area contributed by atoms with E-state index in [-0.39, 0.29) is 19.8 Å². The highest BCUT2D eigenvalue weighted by Crippen LogP contribution is 2.19.